The number of aromatic nitrogens is 1. The molecule has 1 N–H and O–H groups in total. The number of rotatable bonds is 4. The van der Waals surface area contributed by atoms with Crippen LogP contribution in [0.4, 0.5) is 0 Å². The van der Waals surface area contributed by atoms with Crippen molar-refractivity contribution in [3.63, 3.8) is 0 Å². The van der Waals surface area contributed by atoms with Gasteiger partial charge < -0.3 is 14.6 Å². The summed E-state index contributed by atoms with van der Waals surface area (Å²) in [7, 11) is 0. The molecule has 0 aliphatic rings. The molecule has 96 valence electrons. The van der Waals surface area contributed by atoms with Crippen molar-refractivity contribution < 1.29 is 18.8 Å². The standard InChI is InChI=1S/C12H14N2O4/c1-5-12(3,4)13-10(15)9-8(7-18-14-9)11(16)17-6-2/h1,7H,6H2,2-4H3,(H,13,15). The Morgan fingerprint density at radius 2 is 2.28 bits per heavy atom. The monoisotopic (exact) mass is 250 g/mol. The molecule has 6 heteroatoms. The van der Waals surface area contributed by atoms with Crippen molar-refractivity contribution in [1.82, 2.24) is 10.5 Å². The van der Waals surface area contributed by atoms with Crippen LogP contribution in [0.15, 0.2) is 10.8 Å². The highest BCUT2D eigenvalue weighted by Gasteiger charge is 2.26. The fourth-order valence-electron chi connectivity index (χ4n) is 1.13. The van der Waals surface area contributed by atoms with Gasteiger partial charge in [-0.05, 0) is 20.8 Å². The Morgan fingerprint density at radius 1 is 1.61 bits per heavy atom. The number of ether oxygens (including phenoxy) is 1. The van der Waals surface area contributed by atoms with Gasteiger partial charge in [0.25, 0.3) is 5.91 Å². The Balaban J connectivity index is 2.92. The van der Waals surface area contributed by atoms with Gasteiger partial charge in [0.1, 0.15) is 11.8 Å². The van der Waals surface area contributed by atoms with E-state index in [1.807, 2.05) is 0 Å². The zero-order valence-electron chi connectivity index (χ0n) is 10.4. The van der Waals surface area contributed by atoms with Crippen LogP contribution in [0.5, 0.6) is 0 Å². The lowest BCUT2D eigenvalue weighted by molar-refractivity contribution is 0.0521. The molecule has 0 atom stereocenters. The molecule has 0 saturated heterocycles. The molecule has 0 spiro atoms. The third kappa shape index (κ3) is 3.10. The molecule has 0 aromatic carbocycles. The molecule has 0 unspecified atom stereocenters. The van der Waals surface area contributed by atoms with Crippen molar-refractivity contribution in [1.29, 1.82) is 0 Å². The van der Waals surface area contributed by atoms with Crippen LogP contribution in [0.2, 0.25) is 0 Å². The van der Waals surface area contributed by atoms with Crippen LogP contribution in [0.3, 0.4) is 0 Å². The van der Waals surface area contributed by atoms with Crippen LogP contribution in [-0.2, 0) is 4.74 Å². The van der Waals surface area contributed by atoms with E-state index in [1.165, 1.54) is 0 Å². The van der Waals surface area contributed by atoms with Gasteiger partial charge in [-0.1, -0.05) is 11.1 Å². The molecule has 1 aromatic rings. The van der Waals surface area contributed by atoms with Crippen molar-refractivity contribution in [3.05, 3.63) is 17.5 Å². The smallest absolute Gasteiger partial charge is 0.343 e. The summed E-state index contributed by atoms with van der Waals surface area (Å²) in [5.41, 5.74) is -1.01. The minimum atomic E-state index is -0.845. The minimum Gasteiger partial charge on any atom is -0.462 e. The van der Waals surface area contributed by atoms with Gasteiger partial charge in [0.2, 0.25) is 0 Å². The van der Waals surface area contributed by atoms with E-state index in [9.17, 15) is 9.59 Å². The summed E-state index contributed by atoms with van der Waals surface area (Å²) in [4.78, 5) is 23.4. The maximum atomic E-state index is 11.9. The maximum Gasteiger partial charge on any atom is 0.343 e. The van der Waals surface area contributed by atoms with E-state index in [1.54, 1.807) is 20.8 Å². The van der Waals surface area contributed by atoms with Crippen LogP contribution in [-0.4, -0.2) is 29.2 Å². The number of hydrogen-bond donors (Lipinski definition) is 1. The van der Waals surface area contributed by atoms with Crippen molar-refractivity contribution in [2.45, 2.75) is 26.3 Å². The van der Waals surface area contributed by atoms with Crippen molar-refractivity contribution in [3.8, 4) is 12.3 Å². The number of terminal acetylenes is 1. The Kier molecular flexibility index (Phi) is 4.10. The third-order valence-corrected chi connectivity index (χ3v) is 2.07. The molecular formula is C12H14N2O4. The number of hydrogen-bond acceptors (Lipinski definition) is 5. The number of amides is 1. The number of carbonyl (C=O) groups is 2. The normalized spacial score (nSPS) is 10.6. The summed E-state index contributed by atoms with van der Waals surface area (Å²) in [5, 5.41) is 6.02. The predicted octanol–water partition coefficient (Wildman–Crippen LogP) is 0.993. The Hall–Kier alpha value is -2.29. The molecule has 1 amide bonds. The molecule has 0 bridgehead atoms. The molecule has 6 nitrogen and oxygen atoms in total. The summed E-state index contributed by atoms with van der Waals surface area (Å²) in [6.45, 7) is 5.15. The lowest BCUT2D eigenvalue weighted by Gasteiger charge is -2.18. The van der Waals surface area contributed by atoms with Crippen LogP contribution in [0.25, 0.3) is 0 Å². The largest absolute Gasteiger partial charge is 0.462 e. The van der Waals surface area contributed by atoms with Crippen molar-refractivity contribution in [2.24, 2.45) is 0 Å². The van der Waals surface area contributed by atoms with Crippen molar-refractivity contribution >= 4 is 11.9 Å². The van der Waals surface area contributed by atoms with E-state index in [0.29, 0.717) is 0 Å². The zero-order chi connectivity index (χ0) is 13.8. The highest BCUT2D eigenvalue weighted by atomic mass is 16.5. The van der Waals surface area contributed by atoms with Gasteiger partial charge in [-0.25, -0.2) is 4.79 Å². The van der Waals surface area contributed by atoms with Gasteiger partial charge in [0.05, 0.1) is 12.1 Å². The summed E-state index contributed by atoms with van der Waals surface area (Å²) >= 11 is 0. The van der Waals surface area contributed by atoms with E-state index < -0.39 is 17.4 Å². The molecule has 0 aliphatic heterocycles. The van der Waals surface area contributed by atoms with Crippen LogP contribution in [0.1, 0.15) is 41.6 Å². The highest BCUT2D eigenvalue weighted by molar-refractivity contribution is 6.03. The number of nitrogens with zero attached hydrogens (tertiary/aromatic N) is 1. The number of carbonyl (C=O) groups excluding carboxylic acids is 2. The molecule has 1 heterocycles. The molecule has 0 aliphatic carbocycles. The molecular weight excluding hydrogens is 236 g/mol. The summed E-state index contributed by atoms with van der Waals surface area (Å²) in [6, 6.07) is 0. The second kappa shape index (κ2) is 5.36. The highest BCUT2D eigenvalue weighted by Crippen LogP contribution is 2.10. The van der Waals surface area contributed by atoms with Crippen LogP contribution in [0, 0.1) is 12.3 Å². The first-order chi connectivity index (χ1) is 8.41. The Bertz CT molecular complexity index is 496. The van der Waals surface area contributed by atoms with Crippen LogP contribution < -0.4 is 5.32 Å². The molecule has 18 heavy (non-hydrogen) atoms. The number of nitrogens with one attached hydrogen (secondary N) is 1. The molecule has 0 radical (unpaired) electrons. The fourth-order valence-corrected chi connectivity index (χ4v) is 1.13. The minimum absolute atomic E-state index is 0.0258. The van der Waals surface area contributed by atoms with E-state index in [2.05, 4.69) is 20.9 Å². The average molecular weight is 250 g/mol. The quantitative estimate of drug-likeness (QED) is 0.636. The SMILES string of the molecule is C#CC(C)(C)NC(=O)c1nocc1C(=O)OCC. The van der Waals surface area contributed by atoms with E-state index >= 15 is 0 Å². The maximum absolute atomic E-state index is 11.9. The zero-order valence-corrected chi connectivity index (χ0v) is 10.4. The van der Waals surface area contributed by atoms with Gasteiger partial charge in [-0.2, -0.15) is 0 Å². The summed E-state index contributed by atoms with van der Waals surface area (Å²) in [5.74, 6) is 1.15. The average Bonchev–Trinajstić information content (AvgIpc) is 2.77. The lowest BCUT2D eigenvalue weighted by atomic mass is 10.1. The van der Waals surface area contributed by atoms with Crippen LogP contribution >= 0.6 is 0 Å². The van der Waals surface area contributed by atoms with E-state index in [0.717, 1.165) is 6.26 Å². The number of esters is 1. The van der Waals surface area contributed by atoms with Gasteiger partial charge in [-0.15, -0.1) is 6.42 Å². The first-order valence-electron chi connectivity index (χ1n) is 5.33. The van der Waals surface area contributed by atoms with E-state index in [-0.39, 0.29) is 17.9 Å². The Labute approximate surface area is 105 Å². The molecule has 1 rings (SSSR count). The van der Waals surface area contributed by atoms with Gasteiger partial charge in [0.15, 0.2) is 5.69 Å². The summed E-state index contributed by atoms with van der Waals surface area (Å²) in [6.07, 6.45) is 6.32. The third-order valence-electron chi connectivity index (χ3n) is 2.07. The van der Waals surface area contributed by atoms with Gasteiger partial charge in [0, 0.05) is 0 Å². The summed E-state index contributed by atoms with van der Waals surface area (Å²) < 4.78 is 9.39. The topological polar surface area (TPSA) is 81.4 Å². The molecule has 0 saturated carbocycles. The first kappa shape index (κ1) is 13.8. The molecule has 0 fully saturated rings. The molecule has 1 aromatic heterocycles. The lowest BCUT2D eigenvalue weighted by Crippen LogP contribution is -2.42. The predicted molar refractivity (Wildman–Crippen MR) is 62.8 cm³/mol. The first-order valence-corrected chi connectivity index (χ1v) is 5.33. The second-order valence-electron chi connectivity index (χ2n) is 4.02. The van der Waals surface area contributed by atoms with Gasteiger partial charge >= 0.3 is 5.97 Å². The van der Waals surface area contributed by atoms with E-state index in [4.69, 9.17) is 11.2 Å². The Morgan fingerprint density at radius 3 is 2.83 bits per heavy atom. The second-order valence-corrected chi connectivity index (χ2v) is 4.02. The van der Waals surface area contributed by atoms with Crippen molar-refractivity contribution in [2.75, 3.05) is 6.61 Å². The fraction of sp³-hybridized carbons (Fsp3) is 0.417. The van der Waals surface area contributed by atoms with Gasteiger partial charge in [-0.3, -0.25) is 4.79 Å².